The second-order valence-electron chi connectivity index (χ2n) is 5.20. The molecule has 0 amide bonds. The van der Waals surface area contributed by atoms with E-state index in [9.17, 15) is 0 Å². The smallest absolute Gasteiger partial charge is 0.142 e. The molecule has 0 saturated carbocycles. The topological polar surface area (TPSA) is 68.3 Å². The highest BCUT2D eigenvalue weighted by Gasteiger charge is 2.05. The van der Waals surface area contributed by atoms with E-state index in [-0.39, 0.29) is 0 Å². The summed E-state index contributed by atoms with van der Waals surface area (Å²) in [6.45, 7) is 2.56. The van der Waals surface area contributed by atoms with Crippen molar-refractivity contribution < 1.29 is 9.47 Å². The van der Waals surface area contributed by atoms with Gasteiger partial charge in [-0.2, -0.15) is 0 Å². The molecule has 0 unspecified atom stereocenters. The van der Waals surface area contributed by atoms with Crippen LogP contribution in [0.15, 0.2) is 60.9 Å². The molecular weight excluding hydrogens is 316 g/mol. The molecule has 0 aliphatic rings. The van der Waals surface area contributed by atoms with Gasteiger partial charge in [-0.1, -0.05) is 18.2 Å². The summed E-state index contributed by atoms with van der Waals surface area (Å²) in [5, 5.41) is 6.51. The highest BCUT2D eigenvalue weighted by molar-refractivity contribution is 5.67. The van der Waals surface area contributed by atoms with Crippen molar-refractivity contribution in [3.05, 3.63) is 60.9 Å². The van der Waals surface area contributed by atoms with Gasteiger partial charge in [0, 0.05) is 17.8 Å². The van der Waals surface area contributed by atoms with Crippen LogP contribution in [0, 0.1) is 0 Å². The van der Waals surface area contributed by atoms with E-state index in [2.05, 4.69) is 20.6 Å². The summed E-state index contributed by atoms with van der Waals surface area (Å²) in [5.74, 6) is 2.92. The Labute approximate surface area is 146 Å². The maximum Gasteiger partial charge on any atom is 0.142 e. The molecule has 3 aromatic rings. The number of nitrogens with one attached hydrogen (secondary N) is 2. The highest BCUT2D eigenvalue weighted by atomic mass is 16.5. The largest absolute Gasteiger partial charge is 0.497 e. The fourth-order valence-electron chi connectivity index (χ4n) is 2.33. The van der Waals surface area contributed by atoms with Crippen LogP contribution in [0.3, 0.4) is 0 Å². The summed E-state index contributed by atoms with van der Waals surface area (Å²) in [6, 6.07) is 17.2. The van der Waals surface area contributed by atoms with E-state index in [1.54, 1.807) is 7.11 Å². The van der Waals surface area contributed by atoms with Gasteiger partial charge < -0.3 is 20.1 Å². The number of rotatable bonds is 7. The Morgan fingerprint density at radius 2 is 1.72 bits per heavy atom. The number of methoxy groups -OCH3 is 1. The average Bonchev–Trinajstić information content (AvgIpc) is 2.64. The van der Waals surface area contributed by atoms with Gasteiger partial charge in [0.2, 0.25) is 0 Å². The summed E-state index contributed by atoms with van der Waals surface area (Å²) >= 11 is 0. The molecule has 0 atom stereocenters. The first kappa shape index (κ1) is 16.6. The SMILES string of the molecule is CCOc1ccccc1Nc1cc(Nc2cccc(OC)c2)ncn1. The minimum Gasteiger partial charge on any atom is -0.497 e. The summed E-state index contributed by atoms with van der Waals surface area (Å²) < 4.78 is 10.9. The van der Waals surface area contributed by atoms with Crippen LogP contribution >= 0.6 is 0 Å². The molecule has 0 radical (unpaired) electrons. The van der Waals surface area contributed by atoms with Gasteiger partial charge >= 0.3 is 0 Å². The van der Waals surface area contributed by atoms with Crippen LogP contribution in [0.25, 0.3) is 0 Å². The highest BCUT2D eigenvalue weighted by Crippen LogP contribution is 2.27. The lowest BCUT2D eigenvalue weighted by molar-refractivity contribution is 0.342. The Balaban J connectivity index is 1.77. The molecule has 0 spiro atoms. The first-order chi connectivity index (χ1) is 12.3. The van der Waals surface area contributed by atoms with Crippen LogP contribution in [0.2, 0.25) is 0 Å². The molecule has 0 aliphatic heterocycles. The van der Waals surface area contributed by atoms with Gasteiger partial charge in [-0.15, -0.1) is 0 Å². The summed E-state index contributed by atoms with van der Waals surface area (Å²) in [7, 11) is 1.64. The van der Waals surface area contributed by atoms with E-state index in [0.717, 1.165) is 22.9 Å². The number of benzene rings is 2. The number of hydrogen-bond acceptors (Lipinski definition) is 6. The Morgan fingerprint density at radius 1 is 0.920 bits per heavy atom. The fourth-order valence-corrected chi connectivity index (χ4v) is 2.33. The van der Waals surface area contributed by atoms with E-state index in [1.165, 1.54) is 6.33 Å². The van der Waals surface area contributed by atoms with Gasteiger partial charge in [0.1, 0.15) is 29.5 Å². The van der Waals surface area contributed by atoms with E-state index >= 15 is 0 Å². The number of nitrogens with zero attached hydrogens (tertiary/aromatic N) is 2. The zero-order chi connectivity index (χ0) is 17.5. The molecule has 6 nitrogen and oxygen atoms in total. The van der Waals surface area contributed by atoms with Crippen LogP contribution in [-0.2, 0) is 0 Å². The third kappa shape index (κ3) is 4.38. The van der Waals surface area contributed by atoms with Gasteiger partial charge in [-0.05, 0) is 31.2 Å². The second kappa shape index (κ2) is 8.01. The molecule has 2 N–H and O–H groups in total. The Hall–Kier alpha value is -3.28. The van der Waals surface area contributed by atoms with Crippen molar-refractivity contribution in [2.24, 2.45) is 0 Å². The first-order valence-corrected chi connectivity index (χ1v) is 8.00. The molecule has 0 aliphatic carbocycles. The van der Waals surface area contributed by atoms with Crippen molar-refractivity contribution in [1.29, 1.82) is 0 Å². The third-order valence-electron chi connectivity index (χ3n) is 3.46. The van der Waals surface area contributed by atoms with Crippen molar-refractivity contribution in [3.63, 3.8) is 0 Å². The van der Waals surface area contributed by atoms with Crippen LogP contribution in [-0.4, -0.2) is 23.7 Å². The van der Waals surface area contributed by atoms with Crippen molar-refractivity contribution in [1.82, 2.24) is 9.97 Å². The molecule has 2 aromatic carbocycles. The minimum atomic E-state index is 0.602. The summed E-state index contributed by atoms with van der Waals surface area (Å²) in [4.78, 5) is 8.53. The van der Waals surface area contributed by atoms with Crippen molar-refractivity contribution >= 4 is 23.0 Å². The van der Waals surface area contributed by atoms with Gasteiger partial charge in [-0.3, -0.25) is 0 Å². The summed E-state index contributed by atoms with van der Waals surface area (Å²) in [6.07, 6.45) is 1.51. The van der Waals surface area contributed by atoms with Gasteiger partial charge in [0.25, 0.3) is 0 Å². The Morgan fingerprint density at radius 3 is 2.52 bits per heavy atom. The molecule has 0 saturated heterocycles. The lowest BCUT2D eigenvalue weighted by Crippen LogP contribution is -2.01. The predicted molar refractivity (Wildman–Crippen MR) is 99.2 cm³/mol. The van der Waals surface area contributed by atoms with Crippen LogP contribution < -0.4 is 20.1 Å². The number of para-hydroxylation sites is 2. The number of aromatic nitrogens is 2. The zero-order valence-electron chi connectivity index (χ0n) is 14.2. The predicted octanol–water partition coefficient (Wildman–Crippen LogP) is 4.37. The van der Waals surface area contributed by atoms with E-state index in [1.807, 2.05) is 61.5 Å². The van der Waals surface area contributed by atoms with Gasteiger partial charge in [-0.25, -0.2) is 9.97 Å². The first-order valence-electron chi connectivity index (χ1n) is 8.00. The fraction of sp³-hybridized carbons (Fsp3) is 0.158. The van der Waals surface area contributed by atoms with Crippen LogP contribution in [0.4, 0.5) is 23.0 Å². The van der Waals surface area contributed by atoms with E-state index in [0.29, 0.717) is 18.2 Å². The molecule has 1 heterocycles. The van der Waals surface area contributed by atoms with Crippen molar-refractivity contribution in [2.75, 3.05) is 24.4 Å². The van der Waals surface area contributed by atoms with Crippen molar-refractivity contribution in [2.45, 2.75) is 6.92 Å². The van der Waals surface area contributed by atoms with Crippen LogP contribution in [0.1, 0.15) is 6.92 Å². The lowest BCUT2D eigenvalue weighted by Gasteiger charge is -2.12. The maximum absolute atomic E-state index is 5.63. The molecule has 0 fully saturated rings. The summed E-state index contributed by atoms with van der Waals surface area (Å²) in [5.41, 5.74) is 1.74. The molecule has 25 heavy (non-hydrogen) atoms. The monoisotopic (exact) mass is 336 g/mol. The van der Waals surface area contributed by atoms with Crippen LogP contribution in [0.5, 0.6) is 11.5 Å². The zero-order valence-corrected chi connectivity index (χ0v) is 14.2. The minimum absolute atomic E-state index is 0.602. The second-order valence-corrected chi connectivity index (χ2v) is 5.20. The van der Waals surface area contributed by atoms with Crippen molar-refractivity contribution in [3.8, 4) is 11.5 Å². The molecule has 0 bridgehead atoms. The Bertz CT molecular complexity index is 839. The van der Waals surface area contributed by atoms with Gasteiger partial charge in [0.05, 0.1) is 19.4 Å². The average molecular weight is 336 g/mol. The normalized spacial score (nSPS) is 10.2. The van der Waals surface area contributed by atoms with E-state index < -0.39 is 0 Å². The molecule has 3 rings (SSSR count). The van der Waals surface area contributed by atoms with Gasteiger partial charge in [0.15, 0.2) is 0 Å². The van der Waals surface area contributed by atoms with E-state index in [4.69, 9.17) is 9.47 Å². The number of anilines is 4. The quantitative estimate of drug-likeness (QED) is 0.668. The standard InChI is InChI=1S/C19H20N4O2/c1-3-25-17-10-5-4-9-16(17)23-19-12-18(20-13-21-19)22-14-7-6-8-15(11-14)24-2/h4-13H,3H2,1-2H3,(H2,20,21,22,23). The lowest BCUT2D eigenvalue weighted by atomic mass is 10.3. The maximum atomic E-state index is 5.63. The molecule has 6 heteroatoms. The number of hydrogen-bond donors (Lipinski definition) is 2. The molecular formula is C19H20N4O2. The number of ether oxygens (including phenoxy) is 2. The Kier molecular flexibility index (Phi) is 5.31. The molecule has 1 aromatic heterocycles. The molecule has 128 valence electrons. The third-order valence-corrected chi connectivity index (χ3v) is 3.46.